The summed E-state index contributed by atoms with van der Waals surface area (Å²) in [6, 6.07) is 2.19. The van der Waals surface area contributed by atoms with E-state index in [1.165, 1.54) is 10.9 Å². The monoisotopic (exact) mass is 178 g/mol. The number of hydrogen-bond donors (Lipinski definition) is 1. The van der Waals surface area contributed by atoms with Gasteiger partial charge in [0.1, 0.15) is 5.49 Å². The summed E-state index contributed by atoms with van der Waals surface area (Å²) in [6.45, 7) is 7.09. The number of rotatable bonds is 1. The molecule has 13 heavy (non-hydrogen) atoms. The first-order valence-electron chi connectivity index (χ1n) is 5.12. The van der Waals surface area contributed by atoms with Gasteiger partial charge in [-0.3, -0.25) is 4.99 Å². The van der Waals surface area contributed by atoms with Crippen LogP contribution in [0.3, 0.4) is 0 Å². The largest absolute Gasteiger partial charge is 0.344 e. The molecule has 0 spiro atoms. The zero-order valence-electron chi connectivity index (χ0n) is 8.72. The molecule has 1 aliphatic rings. The summed E-state index contributed by atoms with van der Waals surface area (Å²) >= 11 is 0. The first kappa shape index (κ1) is 10.0. The van der Waals surface area contributed by atoms with Crippen LogP contribution >= 0.6 is 0 Å². The van der Waals surface area contributed by atoms with Gasteiger partial charge >= 0.3 is 0 Å². The minimum Gasteiger partial charge on any atom is -0.344 e. The Morgan fingerprint density at radius 1 is 1.46 bits per heavy atom. The Morgan fingerprint density at radius 2 is 2.23 bits per heavy atom. The van der Waals surface area contributed by atoms with Crippen molar-refractivity contribution >= 4 is 6.08 Å². The topological polar surface area (TPSA) is 28.1 Å². The summed E-state index contributed by atoms with van der Waals surface area (Å²) in [5.74, 6) is 0. The molecule has 0 bridgehead atoms. The summed E-state index contributed by atoms with van der Waals surface area (Å²) in [5.41, 5.74) is 2.37. The highest BCUT2D eigenvalue weighted by molar-refractivity contribution is 5.25. The highest BCUT2D eigenvalue weighted by Crippen LogP contribution is 1.90. The van der Waals surface area contributed by atoms with E-state index >= 15 is 0 Å². The number of nitrogens with zero attached hydrogens (tertiary/aromatic N) is 1. The second-order valence-electron chi connectivity index (χ2n) is 2.83. The third-order valence-electron chi connectivity index (χ3n) is 2.03. The van der Waals surface area contributed by atoms with Crippen LogP contribution in [-0.2, 0) is 6.42 Å². The van der Waals surface area contributed by atoms with Crippen LogP contribution in [0.25, 0.3) is 6.08 Å². The highest BCUT2D eigenvalue weighted by Gasteiger charge is 1.97. The van der Waals surface area contributed by atoms with Gasteiger partial charge < -0.3 is 4.98 Å². The average Bonchev–Trinajstić information content (AvgIpc) is 2.63. The lowest BCUT2D eigenvalue weighted by atomic mass is 10.2. The van der Waals surface area contributed by atoms with Gasteiger partial charge in [-0.2, -0.15) is 0 Å². The lowest BCUT2D eigenvalue weighted by Gasteiger charge is -1.91. The molecule has 1 aliphatic heterocycles. The molecule has 0 unspecified atom stereocenters. The first-order valence-corrected chi connectivity index (χ1v) is 5.12. The van der Waals surface area contributed by atoms with Crippen molar-refractivity contribution in [2.75, 3.05) is 6.54 Å². The lowest BCUT2D eigenvalue weighted by Crippen LogP contribution is -2.25. The number of aromatic amines is 1. The molecule has 0 amide bonds. The van der Waals surface area contributed by atoms with E-state index in [0.717, 1.165) is 24.9 Å². The van der Waals surface area contributed by atoms with Gasteiger partial charge in [-0.05, 0) is 18.9 Å². The molecule has 0 atom stereocenters. The molecule has 1 N–H and O–H groups in total. The van der Waals surface area contributed by atoms with Crippen molar-refractivity contribution in [3.63, 3.8) is 0 Å². The van der Waals surface area contributed by atoms with Crippen LogP contribution in [0.1, 0.15) is 32.9 Å². The smallest absolute Gasteiger partial charge is 0.132 e. The predicted molar refractivity (Wildman–Crippen MR) is 56.2 cm³/mol. The van der Waals surface area contributed by atoms with Crippen LogP contribution in [0.4, 0.5) is 0 Å². The molecule has 2 heterocycles. The van der Waals surface area contributed by atoms with Crippen molar-refractivity contribution < 1.29 is 0 Å². The Bertz CT molecular complexity index is 326. The maximum absolute atomic E-state index is 4.37. The minimum atomic E-state index is 0.941. The van der Waals surface area contributed by atoms with Crippen molar-refractivity contribution in [1.82, 2.24) is 4.98 Å². The van der Waals surface area contributed by atoms with Gasteiger partial charge in [-0.25, -0.2) is 0 Å². The highest BCUT2D eigenvalue weighted by atomic mass is 14.9. The second-order valence-corrected chi connectivity index (χ2v) is 2.83. The van der Waals surface area contributed by atoms with E-state index in [1.54, 1.807) is 0 Å². The Balaban J connectivity index is 0.000000396. The summed E-state index contributed by atoms with van der Waals surface area (Å²) in [4.78, 5) is 7.66. The van der Waals surface area contributed by atoms with Crippen LogP contribution in [0.2, 0.25) is 0 Å². The molecule has 0 saturated carbocycles. The molecule has 0 radical (unpaired) electrons. The Hall–Kier alpha value is -1.05. The zero-order chi connectivity index (χ0) is 9.68. The maximum Gasteiger partial charge on any atom is 0.132 e. The molecule has 0 saturated heterocycles. The van der Waals surface area contributed by atoms with Gasteiger partial charge in [0.25, 0.3) is 0 Å². The number of aromatic nitrogens is 1. The third kappa shape index (κ3) is 2.20. The molecule has 2 rings (SSSR count). The standard InChI is InChI=1S/C9H12N2.C2H6/c1-2-8-6-7-4-3-5-10-9(7)11-8;1-2/h4,6H,2-3,5H2,1H3,(H,10,11);1-2H3. The van der Waals surface area contributed by atoms with Gasteiger partial charge in [-0.1, -0.05) is 26.8 Å². The quantitative estimate of drug-likeness (QED) is 0.673. The number of fused-ring (bicyclic) bond motifs is 1. The van der Waals surface area contributed by atoms with E-state index in [0.29, 0.717) is 0 Å². The van der Waals surface area contributed by atoms with Gasteiger partial charge in [0.05, 0.1) is 0 Å². The number of aryl methyl sites for hydroxylation is 1. The van der Waals surface area contributed by atoms with Crippen molar-refractivity contribution in [2.24, 2.45) is 4.99 Å². The number of H-pyrrole nitrogens is 1. The normalized spacial score (nSPS) is 13.2. The minimum absolute atomic E-state index is 0.941. The fourth-order valence-corrected chi connectivity index (χ4v) is 1.39. The van der Waals surface area contributed by atoms with E-state index in [4.69, 9.17) is 0 Å². The second kappa shape index (κ2) is 4.85. The zero-order valence-corrected chi connectivity index (χ0v) is 8.72. The SMILES string of the molecule is CC.CCc1cc2c([nH]1)=NCCC=2. The summed E-state index contributed by atoms with van der Waals surface area (Å²) < 4.78 is 0. The van der Waals surface area contributed by atoms with E-state index in [2.05, 4.69) is 29.0 Å². The molecular formula is C11H18N2. The molecule has 1 aromatic heterocycles. The summed E-state index contributed by atoms with van der Waals surface area (Å²) in [6.07, 6.45) is 4.41. The fraction of sp³-hybridized carbons (Fsp3) is 0.545. The van der Waals surface area contributed by atoms with E-state index < -0.39 is 0 Å². The third-order valence-corrected chi connectivity index (χ3v) is 2.03. The van der Waals surface area contributed by atoms with E-state index in [-0.39, 0.29) is 0 Å². The van der Waals surface area contributed by atoms with Crippen LogP contribution in [0.15, 0.2) is 11.1 Å². The van der Waals surface area contributed by atoms with Crippen molar-refractivity contribution in [3.8, 4) is 0 Å². The first-order chi connectivity index (χ1) is 6.40. The Kier molecular flexibility index (Phi) is 3.74. The summed E-state index contributed by atoms with van der Waals surface area (Å²) in [5, 5.41) is 1.29. The lowest BCUT2D eigenvalue weighted by molar-refractivity contribution is 0.923. The Labute approximate surface area is 79.4 Å². The van der Waals surface area contributed by atoms with Gasteiger partial charge in [0.2, 0.25) is 0 Å². The van der Waals surface area contributed by atoms with Gasteiger partial charge in [-0.15, -0.1) is 0 Å². The number of nitrogens with one attached hydrogen (secondary N) is 1. The van der Waals surface area contributed by atoms with Crippen molar-refractivity contribution in [2.45, 2.75) is 33.6 Å². The molecule has 0 aromatic carbocycles. The van der Waals surface area contributed by atoms with Crippen LogP contribution in [-0.4, -0.2) is 11.5 Å². The average molecular weight is 178 g/mol. The molecular weight excluding hydrogens is 160 g/mol. The maximum atomic E-state index is 4.37. The Morgan fingerprint density at radius 3 is 2.85 bits per heavy atom. The van der Waals surface area contributed by atoms with Crippen molar-refractivity contribution in [3.05, 3.63) is 22.5 Å². The summed E-state index contributed by atoms with van der Waals surface area (Å²) in [7, 11) is 0. The van der Waals surface area contributed by atoms with Crippen LogP contribution in [0, 0.1) is 0 Å². The van der Waals surface area contributed by atoms with E-state index in [1.807, 2.05) is 13.8 Å². The van der Waals surface area contributed by atoms with Crippen LogP contribution in [0.5, 0.6) is 0 Å². The molecule has 72 valence electrons. The molecule has 1 aromatic rings. The number of hydrogen-bond acceptors (Lipinski definition) is 1. The van der Waals surface area contributed by atoms with Gasteiger partial charge in [0, 0.05) is 17.5 Å². The molecule has 2 heteroatoms. The predicted octanol–water partition coefficient (Wildman–Crippen LogP) is 1.41. The molecule has 2 nitrogen and oxygen atoms in total. The molecule has 0 fully saturated rings. The van der Waals surface area contributed by atoms with Crippen molar-refractivity contribution in [1.29, 1.82) is 0 Å². The van der Waals surface area contributed by atoms with Crippen LogP contribution < -0.4 is 10.7 Å². The molecule has 0 aliphatic carbocycles. The van der Waals surface area contributed by atoms with E-state index in [9.17, 15) is 0 Å². The fourth-order valence-electron chi connectivity index (χ4n) is 1.39. The van der Waals surface area contributed by atoms with Gasteiger partial charge in [0.15, 0.2) is 0 Å².